The molecule has 3 aliphatic heterocycles. The van der Waals surface area contributed by atoms with Gasteiger partial charge in [0, 0.05) is 39.6 Å². The standard InChI is InChI=1S/C8H18N2O2S.3C4H8O.ClH.3Li/c1-7(2,3)9-13(11,12)10-8(4,5)6;3*1-2-4-5-3-1;;;;/h1-6H3;3*1-4H2;1H;;;/q-2;;;;;3*+1/p-1. The molecular formula is C20H42ClLi3N2O5S. The van der Waals surface area contributed by atoms with Crippen molar-refractivity contribution in [1.29, 1.82) is 0 Å². The van der Waals surface area contributed by atoms with Gasteiger partial charge < -0.3 is 36.1 Å². The van der Waals surface area contributed by atoms with Gasteiger partial charge in [-0.15, -0.1) is 11.1 Å². The third kappa shape index (κ3) is 36.4. The van der Waals surface area contributed by atoms with Gasteiger partial charge in [0.25, 0.3) is 0 Å². The maximum atomic E-state index is 11.3. The van der Waals surface area contributed by atoms with Crippen LogP contribution >= 0.6 is 0 Å². The van der Waals surface area contributed by atoms with Gasteiger partial charge in [0.15, 0.2) is 0 Å². The van der Waals surface area contributed by atoms with E-state index in [-0.39, 0.29) is 69.0 Å². The molecular weight excluding hydrogens is 437 g/mol. The number of halogens is 1. The van der Waals surface area contributed by atoms with Crippen LogP contribution in [0.15, 0.2) is 0 Å². The quantitative estimate of drug-likeness (QED) is 0.368. The normalized spacial score (nSPS) is 17.2. The van der Waals surface area contributed by atoms with Crippen molar-refractivity contribution in [1.82, 2.24) is 0 Å². The fraction of sp³-hybridized carbons (Fsp3) is 1.00. The minimum Gasteiger partial charge on any atom is -1.00 e. The molecule has 0 unspecified atom stereocenters. The van der Waals surface area contributed by atoms with E-state index in [2.05, 4.69) is 9.44 Å². The average Bonchev–Trinajstić information content (AvgIpc) is 3.29. The van der Waals surface area contributed by atoms with Gasteiger partial charge in [-0.3, -0.25) is 8.42 Å². The van der Waals surface area contributed by atoms with E-state index in [4.69, 9.17) is 14.2 Å². The second-order valence-corrected chi connectivity index (χ2v) is 10.2. The summed E-state index contributed by atoms with van der Waals surface area (Å²) in [6.07, 6.45) is 7.67. The molecule has 0 spiro atoms. The van der Waals surface area contributed by atoms with E-state index in [0.29, 0.717) is 0 Å². The number of hydrogen-bond donors (Lipinski definition) is 0. The Balaban J connectivity index is -0.000000107. The molecule has 0 bridgehead atoms. The Morgan fingerprint density at radius 3 is 0.812 bits per heavy atom. The first-order chi connectivity index (χ1) is 12.9. The molecule has 0 aromatic rings. The Morgan fingerprint density at radius 2 is 0.719 bits per heavy atom. The Hall–Kier alpha value is 1.83. The minimum absolute atomic E-state index is 0. The third-order valence-corrected chi connectivity index (χ3v) is 4.82. The molecule has 0 saturated carbocycles. The largest absolute Gasteiger partial charge is 1.00 e. The van der Waals surface area contributed by atoms with Crippen LogP contribution in [0.2, 0.25) is 0 Å². The summed E-state index contributed by atoms with van der Waals surface area (Å²) in [6, 6.07) is 0. The summed E-state index contributed by atoms with van der Waals surface area (Å²) in [5.41, 5.74) is -1.21. The summed E-state index contributed by atoms with van der Waals surface area (Å²) in [7, 11) is -3.65. The zero-order valence-electron chi connectivity index (χ0n) is 22.2. The minimum atomic E-state index is -3.65. The van der Waals surface area contributed by atoms with Gasteiger partial charge in [-0.05, 0) is 48.7 Å². The van der Waals surface area contributed by atoms with Gasteiger partial charge in [-0.25, -0.2) is 0 Å². The smallest absolute Gasteiger partial charge is 1.00 e. The molecule has 3 heterocycles. The summed E-state index contributed by atoms with van der Waals surface area (Å²) >= 11 is 0. The van der Waals surface area contributed by atoms with Crippen molar-refractivity contribution in [3.05, 3.63) is 9.44 Å². The van der Waals surface area contributed by atoms with Crippen molar-refractivity contribution in [3.63, 3.8) is 0 Å². The van der Waals surface area contributed by atoms with Gasteiger partial charge in [-0.2, -0.15) is 0 Å². The molecule has 32 heavy (non-hydrogen) atoms. The molecule has 3 rings (SSSR count). The van der Waals surface area contributed by atoms with Crippen LogP contribution in [0.25, 0.3) is 9.44 Å². The predicted molar refractivity (Wildman–Crippen MR) is 115 cm³/mol. The fourth-order valence-electron chi connectivity index (χ4n) is 2.24. The Labute approximate surface area is 240 Å². The van der Waals surface area contributed by atoms with Crippen molar-refractivity contribution in [2.24, 2.45) is 0 Å². The molecule has 3 fully saturated rings. The van der Waals surface area contributed by atoms with Gasteiger partial charge in [0.2, 0.25) is 0 Å². The van der Waals surface area contributed by atoms with Crippen LogP contribution in [0.4, 0.5) is 0 Å². The maximum Gasteiger partial charge on any atom is 1.00 e. The molecule has 12 heteroatoms. The van der Waals surface area contributed by atoms with Gasteiger partial charge in [0.05, 0.1) is 0 Å². The summed E-state index contributed by atoms with van der Waals surface area (Å²) in [4.78, 5) is 0. The van der Waals surface area contributed by atoms with E-state index in [1.165, 1.54) is 38.5 Å². The van der Waals surface area contributed by atoms with Crippen LogP contribution < -0.4 is 69.0 Å². The molecule has 0 radical (unpaired) electrons. The van der Waals surface area contributed by atoms with E-state index >= 15 is 0 Å². The van der Waals surface area contributed by atoms with Crippen LogP contribution in [-0.4, -0.2) is 59.1 Å². The predicted octanol–water partition coefficient (Wildman–Crippen LogP) is -7.02. The van der Waals surface area contributed by atoms with Crippen molar-refractivity contribution >= 4 is 10.2 Å². The van der Waals surface area contributed by atoms with Crippen LogP contribution in [0.1, 0.15) is 80.1 Å². The number of hydrogen-bond acceptors (Lipinski definition) is 5. The molecule has 0 amide bonds. The van der Waals surface area contributed by atoms with Crippen molar-refractivity contribution in [3.8, 4) is 0 Å². The van der Waals surface area contributed by atoms with Crippen molar-refractivity contribution in [2.75, 3.05) is 39.6 Å². The average molecular weight is 479 g/mol. The first kappa shape index (κ1) is 43.9. The first-order valence-corrected chi connectivity index (χ1v) is 11.8. The van der Waals surface area contributed by atoms with E-state index < -0.39 is 21.3 Å². The zero-order valence-corrected chi connectivity index (χ0v) is 23.8. The van der Waals surface area contributed by atoms with Crippen LogP contribution in [-0.2, 0) is 24.4 Å². The first-order valence-electron chi connectivity index (χ1n) is 10.4. The molecule has 3 saturated heterocycles. The molecule has 0 N–H and O–H groups in total. The van der Waals surface area contributed by atoms with E-state index in [1.54, 1.807) is 41.5 Å². The van der Waals surface area contributed by atoms with Crippen LogP contribution in [0.3, 0.4) is 0 Å². The van der Waals surface area contributed by atoms with Crippen LogP contribution in [0, 0.1) is 0 Å². The number of rotatable bonds is 2. The SMILES string of the molecule is C1CCOC1.C1CCOC1.C1CCOC1.CC(C)(C)[N-]S(=O)(=O)[N-]C(C)(C)C.[Cl-].[Li+].[Li+].[Li+]. The molecule has 0 atom stereocenters. The van der Waals surface area contributed by atoms with Gasteiger partial charge >= 0.3 is 56.6 Å². The van der Waals surface area contributed by atoms with Crippen molar-refractivity contribution < 1.29 is 91.6 Å². The molecule has 0 aliphatic carbocycles. The van der Waals surface area contributed by atoms with Gasteiger partial charge in [0.1, 0.15) is 0 Å². The fourth-order valence-corrected chi connectivity index (χ4v) is 3.67. The molecule has 178 valence electrons. The summed E-state index contributed by atoms with van der Waals surface area (Å²) in [6.45, 7) is 16.3. The second kappa shape index (κ2) is 24.5. The Bertz CT molecular complexity index is 410. The third-order valence-electron chi connectivity index (χ3n) is 3.26. The zero-order chi connectivity index (χ0) is 21.5. The summed E-state index contributed by atoms with van der Waals surface area (Å²) < 4.78 is 44.8. The van der Waals surface area contributed by atoms with E-state index in [0.717, 1.165) is 39.6 Å². The molecule has 0 aromatic carbocycles. The molecule has 7 nitrogen and oxygen atoms in total. The summed E-state index contributed by atoms with van der Waals surface area (Å²) in [5.74, 6) is 0. The Kier molecular flexibility index (Phi) is 33.6. The topological polar surface area (TPSA) is 90.0 Å². The number of nitrogens with zero attached hydrogens (tertiary/aromatic N) is 2. The van der Waals surface area contributed by atoms with Crippen LogP contribution in [0.5, 0.6) is 0 Å². The number of ether oxygens (including phenoxy) is 3. The Morgan fingerprint density at radius 1 is 0.531 bits per heavy atom. The maximum absolute atomic E-state index is 11.3. The van der Waals surface area contributed by atoms with Gasteiger partial charge in [-0.1, -0.05) is 41.5 Å². The van der Waals surface area contributed by atoms with E-state index in [1.807, 2.05) is 0 Å². The monoisotopic (exact) mass is 478 g/mol. The van der Waals surface area contributed by atoms with E-state index in [9.17, 15) is 8.42 Å². The summed E-state index contributed by atoms with van der Waals surface area (Å²) in [5, 5.41) is 0. The molecule has 0 aromatic heterocycles. The second-order valence-electron chi connectivity index (χ2n) is 8.93. The molecule has 3 aliphatic rings. The van der Waals surface area contributed by atoms with Crippen molar-refractivity contribution in [2.45, 2.75) is 91.1 Å².